The molecule has 1 nitrogen and oxygen atoms in total. The lowest BCUT2D eigenvalue weighted by Crippen LogP contribution is -2.22. The van der Waals surface area contributed by atoms with Gasteiger partial charge in [0.25, 0.3) is 0 Å². The lowest BCUT2D eigenvalue weighted by molar-refractivity contribution is 0.551. The Bertz CT molecular complexity index is 396. The fourth-order valence-corrected chi connectivity index (χ4v) is 2.83. The Morgan fingerprint density at radius 3 is 2.75 bits per heavy atom. The van der Waals surface area contributed by atoms with E-state index >= 15 is 0 Å². The number of hydrogen-bond acceptors (Lipinski definition) is 1. The maximum absolute atomic E-state index is 3.71. The fourth-order valence-electron chi connectivity index (χ4n) is 2.83. The molecule has 0 aliphatic heterocycles. The van der Waals surface area contributed by atoms with Gasteiger partial charge in [-0.3, -0.25) is 0 Å². The minimum Gasteiger partial charge on any atom is -0.307 e. The second kappa shape index (κ2) is 3.89. The molecule has 3 rings (SSSR count). The van der Waals surface area contributed by atoms with E-state index in [1.54, 1.807) is 11.1 Å². The van der Waals surface area contributed by atoms with E-state index in [-0.39, 0.29) is 0 Å². The summed E-state index contributed by atoms with van der Waals surface area (Å²) in [5.74, 6) is 0.886. The van der Waals surface area contributed by atoms with Gasteiger partial charge in [-0.05, 0) is 55.2 Å². The van der Waals surface area contributed by atoms with Crippen LogP contribution in [0, 0.1) is 5.92 Å². The van der Waals surface area contributed by atoms with Crippen molar-refractivity contribution >= 4 is 0 Å². The molecule has 0 spiro atoms. The molecule has 3 atom stereocenters. The van der Waals surface area contributed by atoms with Crippen LogP contribution in [-0.2, 0) is 12.8 Å². The van der Waals surface area contributed by atoms with Gasteiger partial charge in [-0.1, -0.05) is 25.1 Å². The van der Waals surface area contributed by atoms with Gasteiger partial charge < -0.3 is 5.32 Å². The summed E-state index contributed by atoms with van der Waals surface area (Å²) in [7, 11) is 0. The van der Waals surface area contributed by atoms with Crippen molar-refractivity contribution in [3.8, 4) is 0 Å². The van der Waals surface area contributed by atoms with E-state index in [1.807, 2.05) is 0 Å². The fraction of sp³-hybridized carbons (Fsp3) is 0.600. The normalized spacial score (nSPS) is 28.9. The maximum atomic E-state index is 3.71. The van der Waals surface area contributed by atoms with E-state index in [9.17, 15) is 0 Å². The number of hydrogen-bond donors (Lipinski definition) is 1. The molecular formula is C15H21N. The minimum atomic E-state index is 0.515. The smallest absolute Gasteiger partial charge is 0.0294 e. The molecular weight excluding hydrogens is 194 g/mol. The average molecular weight is 215 g/mol. The van der Waals surface area contributed by atoms with E-state index in [0.717, 1.165) is 12.0 Å². The highest BCUT2D eigenvalue weighted by Gasteiger charge is 2.33. The van der Waals surface area contributed by atoms with Gasteiger partial charge in [-0.25, -0.2) is 0 Å². The van der Waals surface area contributed by atoms with Crippen LogP contribution < -0.4 is 5.32 Å². The highest BCUT2D eigenvalue weighted by molar-refractivity contribution is 5.36. The molecule has 0 amide bonds. The van der Waals surface area contributed by atoms with E-state index < -0.39 is 0 Å². The van der Waals surface area contributed by atoms with Gasteiger partial charge >= 0.3 is 0 Å². The van der Waals surface area contributed by atoms with Crippen LogP contribution in [0.2, 0.25) is 0 Å². The molecule has 0 radical (unpaired) electrons. The number of rotatable bonds is 3. The third-order valence-corrected chi connectivity index (χ3v) is 4.20. The van der Waals surface area contributed by atoms with Crippen LogP contribution in [0.25, 0.3) is 0 Å². The molecule has 0 aromatic heterocycles. The second-order valence-corrected chi connectivity index (χ2v) is 5.59. The van der Waals surface area contributed by atoms with Gasteiger partial charge in [0, 0.05) is 12.1 Å². The predicted molar refractivity (Wildman–Crippen MR) is 67.6 cm³/mol. The largest absolute Gasteiger partial charge is 0.307 e. The van der Waals surface area contributed by atoms with Gasteiger partial charge in [0.05, 0.1) is 0 Å². The third kappa shape index (κ3) is 1.89. The molecule has 1 N–H and O–H groups in total. The molecule has 1 fully saturated rings. The van der Waals surface area contributed by atoms with Crippen molar-refractivity contribution in [2.75, 3.05) is 0 Å². The summed E-state index contributed by atoms with van der Waals surface area (Å²) in [5.41, 5.74) is 4.64. The highest BCUT2D eigenvalue weighted by atomic mass is 15.0. The van der Waals surface area contributed by atoms with Crippen LogP contribution in [0.3, 0.4) is 0 Å². The summed E-state index contributed by atoms with van der Waals surface area (Å²) in [5, 5.41) is 3.71. The number of fused-ring (bicyclic) bond motifs is 1. The van der Waals surface area contributed by atoms with Crippen LogP contribution in [0.4, 0.5) is 0 Å². The molecule has 2 aliphatic carbocycles. The van der Waals surface area contributed by atoms with Gasteiger partial charge in [0.2, 0.25) is 0 Å². The van der Waals surface area contributed by atoms with Crippen LogP contribution in [0.5, 0.6) is 0 Å². The van der Waals surface area contributed by atoms with Crippen LogP contribution >= 0.6 is 0 Å². The molecule has 16 heavy (non-hydrogen) atoms. The van der Waals surface area contributed by atoms with Crippen LogP contribution in [0.15, 0.2) is 18.2 Å². The summed E-state index contributed by atoms with van der Waals surface area (Å²) < 4.78 is 0. The Balaban J connectivity index is 1.73. The molecule has 0 saturated heterocycles. The second-order valence-electron chi connectivity index (χ2n) is 5.59. The lowest BCUT2D eigenvalue weighted by Gasteiger charge is -2.15. The Labute approximate surface area is 98.3 Å². The van der Waals surface area contributed by atoms with Crippen molar-refractivity contribution < 1.29 is 0 Å². The first-order chi connectivity index (χ1) is 7.74. The third-order valence-electron chi connectivity index (χ3n) is 4.20. The maximum Gasteiger partial charge on any atom is 0.0294 e. The average Bonchev–Trinajstić information content (AvgIpc) is 2.81. The number of nitrogens with one attached hydrogen (secondary N) is 1. The zero-order valence-electron chi connectivity index (χ0n) is 10.3. The van der Waals surface area contributed by atoms with E-state index in [1.165, 1.54) is 31.2 Å². The first-order valence-electron chi connectivity index (χ1n) is 6.62. The van der Waals surface area contributed by atoms with E-state index in [0.29, 0.717) is 6.04 Å². The summed E-state index contributed by atoms with van der Waals surface area (Å²) in [6.07, 6.45) is 5.28. The first kappa shape index (κ1) is 10.3. The van der Waals surface area contributed by atoms with Crippen molar-refractivity contribution in [1.82, 2.24) is 5.32 Å². The first-order valence-corrected chi connectivity index (χ1v) is 6.62. The van der Waals surface area contributed by atoms with Crippen LogP contribution in [0.1, 0.15) is 49.4 Å². The molecule has 2 aliphatic rings. The summed E-state index contributed by atoms with van der Waals surface area (Å²) in [6, 6.07) is 8.36. The Hall–Kier alpha value is -0.820. The van der Waals surface area contributed by atoms with Crippen molar-refractivity contribution in [1.29, 1.82) is 0 Å². The van der Waals surface area contributed by atoms with Crippen molar-refractivity contribution in [2.24, 2.45) is 5.92 Å². The molecule has 0 bridgehead atoms. The SMILES string of the molecule is CC(NC1CC1C)c1ccc2c(c1)CCC2. The molecule has 86 valence electrons. The lowest BCUT2D eigenvalue weighted by atomic mass is 10.0. The highest BCUT2D eigenvalue weighted by Crippen LogP contribution is 2.32. The van der Waals surface area contributed by atoms with Gasteiger partial charge in [-0.15, -0.1) is 0 Å². The molecule has 0 heterocycles. The number of benzene rings is 1. The summed E-state index contributed by atoms with van der Waals surface area (Å²) in [4.78, 5) is 0. The van der Waals surface area contributed by atoms with E-state index in [2.05, 4.69) is 37.4 Å². The van der Waals surface area contributed by atoms with Crippen molar-refractivity contribution in [2.45, 2.75) is 51.6 Å². The monoisotopic (exact) mass is 215 g/mol. The molecule has 3 unspecified atom stereocenters. The Morgan fingerprint density at radius 1 is 1.25 bits per heavy atom. The van der Waals surface area contributed by atoms with Crippen LogP contribution in [-0.4, -0.2) is 6.04 Å². The number of aryl methyl sites for hydroxylation is 2. The topological polar surface area (TPSA) is 12.0 Å². The molecule has 1 aromatic rings. The van der Waals surface area contributed by atoms with Gasteiger partial charge in [0.1, 0.15) is 0 Å². The van der Waals surface area contributed by atoms with Gasteiger partial charge in [0.15, 0.2) is 0 Å². The predicted octanol–water partition coefficient (Wildman–Crippen LogP) is 3.23. The Morgan fingerprint density at radius 2 is 2.00 bits per heavy atom. The summed E-state index contributed by atoms with van der Waals surface area (Å²) in [6.45, 7) is 4.62. The minimum absolute atomic E-state index is 0.515. The van der Waals surface area contributed by atoms with Crippen molar-refractivity contribution in [3.05, 3.63) is 34.9 Å². The Kier molecular flexibility index (Phi) is 2.51. The van der Waals surface area contributed by atoms with Crippen molar-refractivity contribution in [3.63, 3.8) is 0 Å². The molecule has 1 heteroatoms. The standard InChI is InChI=1S/C15H21N/c1-10-8-15(10)16-11(2)13-7-6-12-4-3-5-14(12)9-13/h6-7,9-11,15-16H,3-5,8H2,1-2H3. The van der Waals surface area contributed by atoms with E-state index in [4.69, 9.17) is 0 Å². The van der Waals surface area contributed by atoms with Gasteiger partial charge in [-0.2, -0.15) is 0 Å². The molecule has 1 aromatic carbocycles. The zero-order valence-corrected chi connectivity index (χ0v) is 10.3. The zero-order chi connectivity index (χ0) is 11.1. The quantitative estimate of drug-likeness (QED) is 0.816. The summed E-state index contributed by atoms with van der Waals surface area (Å²) >= 11 is 0. The molecule has 1 saturated carbocycles.